The maximum atomic E-state index is 5.49. The molecule has 0 spiro atoms. The summed E-state index contributed by atoms with van der Waals surface area (Å²) < 4.78 is 5.49. The van der Waals surface area contributed by atoms with Crippen LogP contribution in [0, 0.1) is 6.92 Å². The molecule has 0 unspecified atom stereocenters. The Hall–Kier alpha value is -1.87. The summed E-state index contributed by atoms with van der Waals surface area (Å²) in [4.78, 5) is 4.34. The summed E-state index contributed by atoms with van der Waals surface area (Å²) in [5, 5.41) is 3.38. The van der Waals surface area contributed by atoms with Gasteiger partial charge in [-0.1, -0.05) is 30.3 Å². The second-order valence-corrected chi connectivity index (χ2v) is 4.43. The lowest BCUT2D eigenvalue weighted by atomic mass is 10.1. The number of aromatic nitrogens is 1. The van der Waals surface area contributed by atoms with Gasteiger partial charge >= 0.3 is 0 Å². The van der Waals surface area contributed by atoms with Gasteiger partial charge in [0.05, 0.1) is 6.61 Å². The number of hydrogen-bond acceptors (Lipinski definition) is 3. The van der Waals surface area contributed by atoms with Crippen LogP contribution in [0.2, 0.25) is 0 Å². The SMILES string of the molecule is CCOCc1ccccc1CNc1ncccc1C. The minimum Gasteiger partial charge on any atom is -0.377 e. The number of benzene rings is 1. The van der Waals surface area contributed by atoms with E-state index in [1.807, 2.05) is 19.1 Å². The fourth-order valence-electron chi connectivity index (χ4n) is 1.93. The Balaban J connectivity index is 2.05. The monoisotopic (exact) mass is 256 g/mol. The van der Waals surface area contributed by atoms with Crippen molar-refractivity contribution in [2.24, 2.45) is 0 Å². The molecule has 0 fully saturated rings. The van der Waals surface area contributed by atoms with E-state index >= 15 is 0 Å². The van der Waals surface area contributed by atoms with Crippen LogP contribution in [0.1, 0.15) is 23.6 Å². The molecule has 3 heteroatoms. The van der Waals surface area contributed by atoms with Crippen molar-refractivity contribution in [3.63, 3.8) is 0 Å². The molecule has 3 nitrogen and oxygen atoms in total. The van der Waals surface area contributed by atoms with Gasteiger partial charge in [0.15, 0.2) is 0 Å². The van der Waals surface area contributed by atoms with Crippen molar-refractivity contribution in [2.75, 3.05) is 11.9 Å². The molecule has 0 radical (unpaired) electrons. The minimum atomic E-state index is 0.662. The largest absolute Gasteiger partial charge is 0.377 e. The lowest BCUT2D eigenvalue weighted by Crippen LogP contribution is -2.06. The average Bonchev–Trinajstić information content (AvgIpc) is 2.45. The topological polar surface area (TPSA) is 34.1 Å². The summed E-state index contributed by atoms with van der Waals surface area (Å²) in [6.07, 6.45) is 1.81. The lowest BCUT2D eigenvalue weighted by Gasteiger charge is -2.12. The highest BCUT2D eigenvalue weighted by Crippen LogP contribution is 2.14. The van der Waals surface area contributed by atoms with Gasteiger partial charge in [-0.15, -0.1) is 0 Å². The van der Waals surface area contributed by atoms with Crippen LogP contribution in [-0.4, -0.2) is 11.6 Å². The van der Waals surface area contributed by atoms with Gasteiger partial charge in [-0.3, -0.25) is 0 Å². The van der Waals surface area contributed by atoms with Gasteiger partial charge in [0.1, 0.15) is 5.82 Å². The van der Waals surface area contributed by atoms with Crippen LogP contribution in [0.5, 0.6) is 0 Å². The first-order valence-corrected chi connectivity index (χ1v) is 6.61. The minimum absolute atomic E-state index is 0.662. The lowest BCUT2D eigenvalue weighted by molar-refractivity contribution is 0.133. The Morgan fingerprint density at radius 1 is 1.11 bits per heavy atom. The second kappa shape index (κ2) is 6.90. The molecular weight excluding hydrogens is 236 g/mol. The van der Waals surface area contributed by atoms with E-state index in [0.717, 1.165) is 24.5 Å². The van der Waals surface area contributed by atoms with E-state index in [2.05, 4.69) is 41.5 Å². The van der Waals surface area contributed by atoms with Crippen molar-refractivity contribution >= 4 is 5.82 Å². The smallest absolute Gasteiger partial charge is 0.129 e. The third kappa shape index (κ3) is 3.80. The van der Waals surface area contributed by atoms with Crippen molar-refractivity contribution < 1.29 is 4.74 Å². The summed E-state index contributed by atoms with van der Waals surface area (Å²) in [6.45, 7) is 6.23. The predicted octanol–water partition coefficient (Wildman–Crippen LogP) is 3.54. The average molecular weight is 256 g/mol. The highest BCUT2D eigenvalue weighted by molar-refractivity contribution is 5.43. The van der Waals surface area contributed by atoms with Gasteiger partial charge in [-0.05, 0) is 36.6 Å². The zero-order valence-electron chi connectivity index (χ0n) is 11.5. The Bertz CT molecular complexity index is 526. The van der Waals surface area contributed by atoms with Crippen molar-refractivity contribution in [3.8, 4) is 0 Å². The maximum absolute atomic E-state index is 5.49. The Kier molecular flexibility index (Phi) is 4.93. The van der Waals surface area contributed by atoms with Crippen LogP contribution in [0.4, 0.5) is 5.82 Å². The van der Waals surface area contributed by atoms with Gasteiger partial charge < -0.3 is 10.1 Å². The van der Waals surface area contributed by atoms with Crippen molar-refractivity contribution in [2.45, 2.75) is 27.0 Å². The van der Waals surface area contributed by atoms with E-state index < -0.39 is 0 Å². The van der Waals surface area contributed by atoms with Gasteiger partial charge in [0, 0.05) is 19.3 Å². The number of hydrogen-bond donors (Lipinski definition) is 1. The molecule has 19 heavy (non-hydrogen) atoms. The first-order valence-electron chi connectivity index (χ1n) is 6.61. The van der Waals surface area contributed by atoms with E-state index in [9.17, 15) is 0 Å². The van der Waals surface area contributed by atoms with Crippen LogP contribution in [0.15, 0.2) is 42.6 Å². The highest BCUT2D eigenvalue weighted by atomic mass is 16.5. The van der Waals surface area contributed by atoms with E-state index in [0.29, 0.717) is 6.61 Å². The first kappa shape index (κ1) is 13.6. The second-order valence-electron chi connectivity index (χ2n) is 4.43. The normalized spacial score (nSPS) is 10.4. The Labute approximate surface area is 114 Å². The summed E-state index contributed by atoms with van der Waals surface area (Å²) in [6, 6.07) is 12.3. The summed E-state index contributed by atoms with van der Waals surface area (Å²) >= 11 is 0. The van der Waals surface area contributed by atoms with Crippen LogP contribution < -0.4 is 5.32 Å². The molecule has 1 N–H and O–H groups in total. The fraction of sp³-hybridized carbons (Fsp3) is 0.312. The fourth-order valence-corrected chi connectivity index (χ4v) is 1.93. The molecule has 0 atom stereocenters. The first-order chi connectivity index (χ1) is 9.31. The van der Waals surface area contributed by atoms with E-state index in [1.165, 1.54) is 11.1 Å². The zero-order valence-corrected chi connectivity index (χ0v) is 11.5. The molecule has 0 saturated heterocycles. The Morgan fingerprint density at radius 3 is 2.63 bits per heavy atom. The summed E-state index contributed by atoms with van der Waals surface area (Å²) in [5.41, 5.74) is 3.64. The van der Waals surface area contributed by atoms with Crippen molar-refractivity contribution in [3.05, 3.63) is 59.3 Å². The van der Waals surface area contributed by atoms with E-state index in [4.69, 9.17) is 4.74 Å². The highest BCUT2D eigenvalue weighted by Gasteiger charge is 2.03. The number of anilines is 1. The number of pyridine rings is 1. The molecule has 0 bridgehead atoms. The van der Waals surface area contributed by atoms with Gasteiger partial charge in [-0.25, -0.2) is 4.98 Å². The molecular formula is C16H20N2O. The zero-order chi connectivity index (χ0) is 13.5. The third-order valence-electron chi connectivity index (χ3n) is 3.04. The van der Waals surface area contributed by atoms with Crippen LogP contribution >= 0.6 is 0 Å². The van der Waals surface area contributed by atoms with Crippen LogP contribution in [0.25, 0.3) is 0 Å². The Morgan fingerprint density at radius 2 is 1.89 bits per heavy atom. The molecule has 0 aliphatic carbocycles. The molecule has 0 aliphatic heterocycles. The summed E-state index contributed by atoms with van der Waals surface area (Å²) in [5.74, 6) is 0.939. The van der Waals surface area contributed by atoms with Gasteiger partial charge in [-0.2, -0.15) is 0 Å². The van der Waals surface area contributed by atoms with E-state index in [-0.39, 0.29) is 0 Å². The molecule has 0 amide bonds. The predicted molar refractivity (Wildman–Crippen MR) is 78.1 cm³/mol. The van der Waals surface area contributed by atoms with Crippen molar-refractivity contribution in [1.29, 1.82) is 0 Å². The van der Waals surface area contributed by atoms with E-state index in [1.54, 1.807) is 6.20 Å². The number of nitrogens with one attached hydrogen (secondary N) is 1. The number of ether oxygens (including phenoxy) is 1. The molecule has 2 rings (SSSR count). The van der Waals surface area contributed by atoms with Crippen LogP contribution in [0.3, 0.4) is 0 Å². The molecule has 1 heterocycles. The third-order valence-corrected chi connectivity index (χ3v) is 3.04. The van der Waals surface area contributed by atoms with Crippen molar-refractivity contribution in [1.82, 2.24) is 4.98 Å². The number of nitrogens with zero attached hydrogens (tertiary/aromatic N) is 1. The molecule has 100 valence electrons. The molecule has 0 aliphatic rings. The molecule has 0 saturated carbocycles. The summed E-state index contributed by atoms with van der Waals surface area (Å²) in [7, 11) is 0. The van der Waals surface area contributed by atoms with Crippen LogP contribution in [-0.2, 0) is 17.9 Å². The number of rotatable bonds is 6. The van der Waals surface area contributed by atoms with Gasteiger partial charge in [0.2, 0.25) is 0 Å². The number of aryl methyl sites for hydroxylation is 1. The maximum Gasteiger partial charge on any atom is 0.129 e. The van der Waals surface area contributed by atoms with Gasteiger partial charge in [0.25, 0.3) is 0 Å². The quantitative estimate of drug-likeness (QED) is 0.858. The molecule has 2 aromatic rings. The standard InChI is InChI=1S/C16H20N2O/c1-3-19-12-15-9-5-4-8-14(15)11-18-16-13(2)7-6-10-17-16/h4-10H,3,11-12H2,1-2H3,(H,17,18). The molecule has 1 aromatic carbocycles. The molecule has 1 aromatic heterocycles.